The maximum atomic E-state index is 10.2. The topological polar surface area (TPSA) is 57.5 Å². The molecule has 0 aromatic rings. The summed E-state index contributed by atoms with van der Waals surface area (Å²) in [4.78, 5) is 10.2. The Morgan fingerprint density at radius 2 is 1.85 bits per heavy atom. The third-order valence-electron chi connectivity index (χ3n) is 1.82. The van der Waals surface area contributed by atoms with Gasteiger partial charge in [0, 0.05) is 12.8 Å². The third kappa shape index (κ3) is 9.30. The van der Waals surface area contributed by atoms with Crippen molar-refractivity contribution in [1.82, 2.24) is 0 Å². The van der Waals surface area contributed by atoms with Crippen LogP contribution in [-0.4, -0.2) is 54.5 Å². The highest BCUT2D eigenvalue weighted by Gasteiger charge is 2.12. The summed E-state index contributed by atoms with van der Waals surface area (Å²) >= 11 is 0. The van der Waals surface area contributed by atoms with Crippen LogP contribution in [0.2, 0.25) is 0 Å². The third-order valence-corrected chi connectivity index (χ3v) is 1.82. The van der Waals surface area contributed by atoms with Crippen LogP contribution in [0.3, 0.4) is 0 Å². The van der Waals surface area contributed by atoms with Crippen molar-refractivity contribution in [2.45, 2.75) is 25.4 Å². The zero-order valence-corrected chi connectivity index (χ0v) is 8.66. The Morgan fingerprint density at radius 1 is 1.31 bits per heavy atom. The second-order valence-electron chi connectivity index (χ2n) is 4.39. The summed E-state index contributed by atoms with van der Waals surface area (Å²) in [5.41, 5.74) is 0. The Hall–Kier alpha value is -0.610. The van der Waals surface area contributed by atoms with E-state index < -0.39 is 12.1 Å². The zero-order chi connectivity index (χ0) is 10.5. The first-order valence-corrected chi connectivity index (χ1v) is 4.51. The number of hydrogen-bond donors (Lipinski definition) is 2. The van der Waals surface area contributed by atoms with Crippen molar-refractivity contribution in [2.24, 2.45) is 0 Å². The quantitative estimate of drug-likeness (QED) is 0.593. The van der Waals surface area contributed by atoms with Crippen LogP contribution in [0.5, 0.6) is 0 Å². The first-order valence-electron chi connectivity index (χ1n) is 4.51. The van der Waals surface area contributed by atoms with E-state index in [0.717, 1.165) is 11.0 Å². The molecule has 2 N–H and O–H groups in total. The fraction of sp³-hybridized carbons (Fsp3) is 0.889. The number of hydrogen-bond acceptors (Lipinski definition) is 2. The minimum absolute atomic E-state index is 0.0539. The number of carbonyl (C=O) groups is 1. The number of quaternary nitrogens is 1. The molecule has 0 bridgehead atoms. The normalized spacial score (nSPS) is 14.2. The molecule has 0 fully saturated rings. The van der Waals surface area contributed by atoms with Gasteiger partial charge in [-0.3, -0.25) is 4.79 Å². The van der Waals surface area contributed by atoms with Crippen molar-refractivity contribution in [2.75, 3.05) is 27.7 Å². The molecule has 0 amide bonds. The Balaban J connectivity index is 3.52. The monoisotopic (exact) mass is 190 g/mol. The van der Waals surface area contributed by atoms with E-state index in [-0.39, 0.29) is 6.42 Å². The lowest BCUT2D eigenvalue weighted by atomic mass is 10.1. The number of carboxylic acid groups (broad SMARTS) is 1. The van der Waals surface area contributed by atoms with E-state index in [9.17, 15) is 9.90 Å². The van der Waals surface area contributed by atoms with Gasteiger partial charge in [-0.1, -0.05) is 0 Å². The van der Waals surface area contributed by atoms with Crippen molar-refractivity contribution in [3.05, 3.63) is 0 Å². The zero-order valence-electron chi connectivity index (χ0n) is 8.66. The SMILES string of the molecule is C[N+](C)(C)CCC(O)CCC(=O)O. The van der Waals surface area contributed by atoms with Gasteiger partial charge in [-0.15, -0.1) is 0 Å². The minimum Gasteiger partial charge on any atom is -0.481 e. The van der Waals surface area contributed by atoms with Crippen molar-refractivity contribution in [1.29, 1.82) is 0 Å². The summed E-state index contributed by atoms with van der Waals surface area (Å²) in [6.07, 6.45) is 0.596. The average molecular weight is 190 g/mol. The molecule has 0 aliphatic rings. The maximum absolute atomic E-state index is 10.2. The van der Waals surface area contributed by atoms with Gasteiger partial charge in [-0.05, 0) is 6.42 Å². The largest absolute Gasteiger partial charge is 0.481 e. The van der Waals surface area contributed by atoms with Crippen molar-refractivity contribution >= 4 is 5.97 Å². The molecule has 4 heteroatoms. The Morgan fingerprint density at radius 3 is 2.23 bits per heavy atom. The van der Waals surface area contributed by atoms with Crippen LogP contribution in [-0.2, 0) is 4.79 Å². The molecular weight excluding hydrogens is 170 g/mol. The molecule has 1 atom stereocenters. The molecular formula is C9H20NO3+. The number of aliphatic hydroxyl groups excluding tert-OH is 1. The summed E-state index contributed by atoms with van der Waals surface area (Å²) in [6, 6.07) is 0. The van der Waals surface area contributed by atoms with Crippen molar-refractivity contribution in [3.63, 3.8) is 0 Å². The number of rotatable bonds is 6. The molecule has 0 radical (unpaired) electrons. The molecule has 0 heterocycles. The smallest absolute Gasteiger partial charge is 0.303 e. The van der Waals surface area contributed by atoms with Gasteiger partial charge in [-0.2, -0.15) is 0 Å². The van der Waals surface area contributed by atoms with E-state index in [1.54, 1.807) is 0 Å². The van der Waals surface area contributed by atoms with Gasteiger partial charge in [0.05, 0.1) is 33.8 Å². The highest BCUT2D eigenvalue weighted by atomic mass is 16.4. The van der Waals surface area contributed by atoms with E-state index in [1.165, 1.54) is 0 Å². The Labute approximate surface area is 79.4 Å². The molecule has 0 aliphatic heterocycles. The summed E-state index contributed by atoms with van der Waals surface area (Å²) < 4.78 is 0.796. The molecule has 0 spiro atoms. The lowest BCUT2D eigenvalue weighted by molar-refractivity contribution is -0.870. The number of carboxylic acids is 1. The molecule has 78 valence electrons. The van der Waals surface area contributed by atoms with Crippen LogP contribution in [0.1, 0.15) is 19.3 Å². The van der Waals surface area contributed by atoms with E-state index >= 15 is 0 Å². The molecule has 13 heavy (non-hydrogen) atoms. The van der Waals surface area contributed by atoms with E-state index in [4.69, 9.17) is 5.11 Å². The summed E-state index contributed by atoms with van der Waals surface area (Å²) in [6.45, 7) is 0.862. The average Bonchev–Trinajstić information content (AvgIpc) is 1.95. The van der Waals surface area contributed by atoms with E-state index in [2.05, 4.69) is 0 Å². The van der Waals surface area contributed by atoms with E-state index in [1.807, 2.05) is 21.1 Å². The summed E-state index contributed by atoms with van der Waals surface area (Å²) in [7, 11) is 6.14. The lowest BCUT2D eigenvalue weighted by Gasteiger charge is -2.24. The van der Waals surface area contributed by atoms with Crippen molar-refractivity contribution < 1.29 is 19.5 Å². The standard InChI is InChI=1S/C9H19NO3/c1-10(2,3)7-6-8(11)4-5-9(12)13/h8,11H,4-7H2,1-3H3/p+1. The van der Waals surface area contributed by atoms with Crippen molar-refractivity contribution in [3.8, 4) is 0 Å². The Bertz CT molecular complexity index is 163. The maximum Gasteiger partial charge on any atom is 0.303 e. The molecule has 0 saturated carbocycles. The highest BCUT2D eigenvalue weighted by molar-refractivity contribution is 5.66. The molecule has 4 nitrogen and oxygen atoms in total. The fourth-order valence-electron chi connectivity index (χ4n) is 0.971. The number of aliphatic carboxylic acids is 1. The Kier molecular flexibility index (Phi) is 4.95. The van der Waals surface area contributed by atoms with Crippen LogP contribution in [0.25, 0.3) is 0 Å². The molecule has 0 rings (SSSR count). The predicted octanol–water partition coefficient (Wildman–Crippen LogP) is 0.308. The van der Waals surface area contributed by atoms with Gasteiger partial charge in [0.15, 0.2) is 0 Å². The molecule has 0 aromatic heterocycles. The summed E-state index contributed by atoms with van der Waals surface area (Å²) in [5, 5.41) is 17.8. The van der Waals surface area contributed by atoms with Crippen LogP contribution >= 0.6 is 0 Å². The molecule has 0 aliphatic carbocycles. The minimum atomic E-state index is -0.843. The fourth-order valence-corrected chi connectivity index (χ4v) is 0.971. The molecule has 0 saturated heterocycles. The summed E-state index contributed by atoms with van der Waals surface area (Å²) in [5.74, 6) is -0.843. The first kappa shape index (κ1) is 12.4. The van der Waals surface area contributed by atoms with Gasteiger partial charge in [-0.25, -0.2) is 0 Å². The number of nitrogens with zero attached hydrogens (tertiary/aromatic N) is 1. The van der Waals surface area contributed by atoms with Crippen LogP contribution in [0.4, 0.5) is 0 Å². The van der Waals surface area contributed by atoms with Gasteiger partial charge in [0.1, 0.15) is 0 Å². The molecule has 1 unspecified atom stereocenters. The van der Waals surface area contributed by atoms with Crippen LogP contribution in [0.15, 0.2) is 0 Å². The van der Waals surface area contributed by atoms with E-state index in [0.29, 0.717) is 12.8 Å². The van der Waals surface area contributed by atoms with Gasteiger partial charge in [0.2, 0.25) is 0 Å². The number of aliphatic hydroxyl groups is 1. The van der Waals surface area contributed by atoms with Gasteiger partial charge in [0.25, 0.3) is 0 Å². The van der Waals surface area contributed by atoms with Gasteiger partial charge < -0.3 is 14.7 Å². The second kappa shape index (κ2) is 5.19. The predicted molar refractivity (Wildman–Crippen MR) is 50.4 cm³/mol. The highest BCUT2D eigenvalue weighted by Crippen LogP contribution is 2.04. The van der Waals surface area contributed by atoms with Crippen LogP contribution < -0.4 is 0 Å². The lowest BCUT2D eigenvalue weighted by Crippen LogP contribution is -2.37. The second-order valence-corrected chi connectivity index (χ2v) is 4.39. The molecule has 0 aromatic carbocycles. The van der Waals surface area contributed by atoms with Gasteiger partial charge >= 0.3 is 5.97 Å². The first-order chi connectivity index (χ1) is 5.81. The van der Waals surface area contributed by atoms with Crippen LogP contribution in [0, 0.1) is 0 Å².